The van der Waals surface area contributed by atoms with Crippen molar-refractivity contribution in [1.29, 1.82) is 0 Å². The molecule has 2 unspecified atom stereocenters. The Morgan fingerprint density at radius 1 is 0.889 bits per heavy atom. The Kier molecular flexibility index (Phi) is 5.87. The first kappa shape index (κ1) is 23.3. The van der Waals surface area contributed by atoms with Gasteiger partial charge in [0.25, 0.3) is 0 Å². The van der Waals surface area contributed by atoms with Crippen molar-refractivity contribution in [3.05, 3.63) is 95.6 Å². The van der Waals surface area contributed by atoms with Gasteiger partial charge in [0, 0.05) is 12.0 Å². The predicted molar refractivity (Wildman–Crippen MR) is 150 cm³/mol. The maximum atomic E-state index is 13.5. The van der Waals surface area contributed by atoms with Crippen LogP contribution in [0, 0.1) is 0 Å². The largest absolute Gasteiger partial charge is 0.448 e. The maximum Gasteiger partial charge on any atom is 0.410 e. The van der Waals surface area contributed by atoms with Crippen LogP contribution in [0.15, 0.2) is 78.9 Å². The van der Waals surface area contributed by atoms with Gasteiger partial charge < -0.3 is 4.74 Å². The highest BCUT2D eigenvalue weighted by Crippen LogP contribution is 2.45. The van der Waals surface area contributed by atoms with E-state index in [0.717, 1.165) is 19.3 Å². The van der Waals surface area contributed by atoms with Gasteiger partial charge in [0.15, 0.2) is 0 Å². The summed E-state index contributed by atoms with van der Waals surface area (Å²) in [6.45, 7) is 7.55. The Labute approximate surface area is 215 Å². The van der Waals surface area contributed by atoms with Gasteiger partial charge in [-0.25, -0.2) is 4.79 Å². The number of nitrogens with zero attached hydrogens (tertiary/aromatic N) is 1. The summed E-state index contributed by atoms with van der Waals surface area (Å²) in [7, 11) is -1.31. The third-order valence-electron chi connectivity index (χ3n) is 8.31. The number of benzene rings is 3. The van der Waals surface area contributed by atoms with Gasteiger partial charge in [-0.1, -0.05) is 104 Å². The predicted octanol–water partition coefficient (Wildman–Crippen LogP) is 7.19. The monoisotopic (exact) mass is 493 g/mol. The van der Waals surface area contributed by atoms with Crippen LogP contribution in [-0.4, -0.2) is 37.8 Å². The van der Waals surface area contributed by atoms with Crippen molar-refractivity contribution in [2.75, 3.05) is 6.61 Å². The first-order valence-corrected chi connectivity index (χ1v) is 16.8. The summed E-state index contributed by atoms with van der Waals surface area (Å²) >= 11 is 0. The van der Waals surface area contributed by atoms with E-state index in [1.54, 1.807) is 0 Å². The lowest BCUT2D eigenvalue weighted by atomic mass is 9.83. The highest BCUT2D eigenvalue weighted by molar-refractivity contribution is 6.88. The molecule has 2 bridgehead atoms. The summed E-state index contributed by atoms with van der Waals surface area (Å²) in [6.07, 6.45) is 6.31. The molecule has 2 aliphatic heterocycles. The van der Waals surface area contributed by atoms with E-state index in [1.807, 2.05) is 4.90 Å². The second-order valence-electron chi connectivity index (χ2n) is 11.6. The van der Waals surface area contributed by atoms with Gasteiger partial charge in [0.1, 0.15) is 6.61 Å². The van der Waals surface area contributed by atoms with Crippen LogP contribution >= 0.6 is 0 Å². The minimum Gasteiger partial charge on any atom is -0.448 e. The molecule has 2 atom stereocenters. The molecule has 1 amide bonds. The zero-order valence-electron chi connectivity index (χ0n) is 21.5. The Balaban J connectivity index is 1.20. The number of ether oxygens (including phenoxy) is 1. The summed E-state index contributed by atoms with van der Waals surface area (Å²) in [5.41, 5.74) is 7.73. The molecule has 6 rings (SSSR count). The molecule has 3 nitrogen and oxygen atoms in total. The Bertz CT molecular complexity index is 1270. The fourth-order valence-electron chi connectivity index (χ4n) is 6.38. The van der Waals surface area contributed by atoms with Crippen molar-refractivity contribution >= 4 is 24.9 Å². The first-order valence-electron chi connectivity index (χ1n) is 13.3. The number of rotatable bonds is 4. The summed E-state index contributed by atoms with van der Waals surface area (Å²) in [6, 6.07) is 26.6. The van der Waals surface area contributed by atoms with Gasteiger partial charge in [-0.05, 0) is 59.1 Å². The van der Waals surface area contributed by atoms with Crippen LogP contribution in [0.2, 0.25) is 19.6 Å². The van der Waals surface area contributed by atoms with Crippen LogP contribution in [0.25, 0.3) is 16.7 Å². The van der Waals surface area contributed by atoms with Gasteiger partial charge in [-0.2, -0.15) is 0 Å². The highest BCUT2D eigenvalue weighted by atomic mass is 28.3. The van der Waals surface area contributed by atoms with E-state index in [9.17, 15) is 4.79 Å². The van der Waals surface area contributed by atoms with Crippen molar-refractivity contribution in [1.82, 2.24) is 4.90 Å². The zero-order chi connectivity index (χ0) is 24.9. The van der Waals surface area contributed by atoms with Gasteiger partial charge >= 0.3 is 6.09 Å². The Morgan fingerprint density at radius 2 is 1.53 bits per heavy atom. The van der Waals surface area contributed by atoms with Crippen molar-refractivity contribution in [2.24, 2.45) is 0 Å². The molecule has 0 radical (unpaired) electrons. The third-order valence-corrected chi connectivity index (χ3v) is 10.4. The number of fused-ring (bicyclic) bond motifs is 5. The maximum absolute atomic E-state index is 13.5. The van der Waals surface area contributed by atoms with Gasteiger partial charge in [0.05, 0.1) is 14.1 Å². The molecule has 3 aliphatic rings. The highest BCUT2D eigenvalue weighted by Gasteiger charge is 2.39. The van der Waals surface area contributed by atoms with Crippen molar-refractivity contribution < 1.29 is 9.53 Å². The Morgan fingerprint density at radius 3 is 2.14 bits per heavy atom. The second-order valence-corrected chi connectivity index (χ2v) is 16.7. The second kappa shape index (κ2) is 9.08. The standard InChI is InChI=1S/C32H35NO2Si/c1-36(2,3)26-17-15-22(16-18-26)23-19-24-9-8-10-25(20-23)33(24)32(34)35-21-31-29-13-6-4-11-27(29)28-12-5-7-14-30(28)31/h4-7,11-19,24-25,31H,8-10,20-21H2,1-3H3. The molecule has 1 fully saturated rings. The summed E-state index contributed by atoms with van der Waals surface area (Å²) in [5, 5.41) is 1.49. The molecule has 36 heavy (non-hydrogen) atoms. The topological polar surface area (TPSA) is 29.5 Å². The van der Waals surface area contributed by atoms with Crippen LogP contribution in [0.5, 0.6) is 0 Å². The molecule has 1 saturated heterocycles. The Hall–Kier alpha value is -3.11. The summed E-state index contributed by atoms with van der Waals surface area (Å²) < 4.78 is 6.07. The smallest absolute Gasteiger partial charge is 0.410 e. The van der Waals surface area contributed by atoms with Crippen LogP contribution in [0.3, 0.4) is 0 Å². The van der Waals surface area contributed by atoms with E-state index in [2.05, 4.69) is 98.5 Å². The molecular weight excluding hydrogens is 458 g/mol. The summed E-state index contributed by atoms with van der Waals surface area (Å²) in [5.74, 6) is 0.0990. The minimum absolute atomic E-state index is 0.0990. The number of hydrogen-bond donors (Lipinski definition) is 0. The van der Waals surface area contributed by atoms with Gasteiger partial charge in [-0.15, -0.1) is 0 Å². The average molecular weight is 494 g/mol. The average Bonchev–Trinajstić information content (AvgIpc) is 3.20. The number of carbonyl (C=O) groups excluding carboxylic acids is 1. The molecular formula is C32H35NO2Si. The molecule has 0 spiro atoms. The molecule has 0 N–H and O–H groups in total. The number of hydrogen-bond acceptors (Lipinski definition) is 2. The molecule has 184 valence electrons. The lowest BCUT2D eigenvalue weighted by Gasteiger charge is -2.44. The quantitative estimate of drug-likeness (QED) is 0.360. The van der Waals surface area contributed by atoms with E-state index in [0.29, 0.717) is 6.61 Å². The fourth-order valence-corrected chi connectivity index (χ4v) is 7.55. The molecule has 3 aromatic rings. The normalized spacial score (nSPS) is 21.0. The molecule has 0 saturated carbocycles. The summed E-state index contributed by atoms with van der Waals surface area (Å²) in [4.78, 5) is 15.5. The number of amides is 1. The minimum atomic E-state index is -1.31. The van der Waals surface area contributed by atoms with Crippen molar-refractivity contribution in [2.45, 2.75) is 63.3 Å². The van der Waals surface area contributed by atoms with Crippen LogP contribution in [-0.2, 0) is 4.74 Å². The van der Waals surface area contributed by atoms with E-state index < -0.39 is 8.07 Å². The van der Waals surface area contributed by atoms with Crippen molar-refractivity contribution in [3.8, 4) is 11.1 Å². The fraction of sp³-hybridized carbons (Fsp3) is 0.344. The molecule has 4 heteroatoms. The zero-order valence-corrected chi connectivity index (χ0v) is 22.5. The van der Waals surface area contributed by atoms with Crippen LogP contribution in [0.1, 0.15) is 48.3 Å². The SMILES string of the molecule is C[Si](C)(C)c1ccc(C2=CC3CCCC(C2)N3C(=O)OCC2c3ccccc3-c3ccccc32)cc1. The van der Waals surface area contributed by atoms with Crippen LogP contribution in [0.4, 0.5) is 4.79 Å². The first-order chi connectivity index (χ1) is 17.4. The van der Waals surface area contributed by atoms with Crippen LogP contribution < -0.4 is 5.19 Å². The molecule has 3 aromatic carbocycles. The van der Waals surface area contributed by atoms with E-state index in [1.165, 1.54) is 45.0 Å². The van der Waals surface area contributed by atoms with Crippen molar-refractivity contribution in [3.63, 3.8) is 0 Å². The van der Waals surface area contributed by atoms with E-state index in [-0.39, 0.29) is 24.1 Å². The molecule has 2 heterocycles. The third kappa shape index (κ3) is 4.11. The molecule has 0 aromatic heterocycles. The van der Waals surface area contributed by atoms with E-state index in [4.69, 9.17) is 4.74 Å². The van der Waals surface area contributed by atoms with Gasteiger partial charge in [-0.3, -0.25) is 4.90 Å². The number of piperidine rings is 1. The lowest BCUT2D eigenvalue weighted by Crippen LogP contribution is -2.51. The van der Waals surface area contributed by atoms with E-state index >= 15 is 0 Å². The molecule has 1 aliphatic carbocycles. The number of carbonyl (C=O) groups is 1. The van der Waals surface area contributed by atoms with Gasteiger partial charge in [0.2, 0.25) is 0 Å². The lowest BCUT2D eigenvalue weighted by molar-refractivity contribution is 0.0539.